The van der Waals surface area contributed by atoms with Crippen LogP contribution in [0, 0.1) is 0 Å². The van der Waals surface area contributed by atoms with Crippen molar-refractivity contribution in [1.29, 1.82) is 0 Å². The van der Waals surface area contributed by atoms with E-state index in [9.17, 15) is 4.79 Å². The first-order valence-corrected chi connectivity index (χ1v) is 6.44. The Hall–Kier alpha value is 0.160. The predicted molar refractivity (Wildman–Crippen MR) is 62.1 cm³/mol. The molecule has 0 aliphatic heterocycles. The molecule has 3 nitrogen and oxygen atoms in total. The van der Waals surface area contributed by atoms with Crippen LogP contribution in [0.4, 0.5) is 0 Å². The van der Waals surface area contributed by atoms with Crippen LogP contribution in [0.1, 0.15) is 44.9 Å². The molecule has 0 bridgehead atoms. The summed E-state index contributed by atoms with van der Waals surface area (Å²) in [5.74, 6) is -0.0231. The van der Waals surface area contributed by atoms with E-state index >= 15 is 0 Å². The van der Waals surface area contributed by atoms with Crippen LogP contribution in [0.25, 0.3) is 0 Å². The molecule has 4 heteroatoms. The van der Waals surface area contributed by atoms with E-state index in [2.05, 4.69) is 26.4 Å². The van der Waals surface area contributed by atoms with Gasteiger partial charge < -0.3 is 4.74 Å². The highest BCUT2D eigenvalue weighted by molar-refractivity contribution is 14.1. The number of ether oxygens (including phenoxy) is 1. The average Bonchev–Trinajstić information content (AvgIpc) is 2.55. The van der Waals surface area contributed by atoms with Gasteiger partial charge in [-0.1, -0.05) is 0 Å². The zero-order valence-electron chi connectivity index (χ0n) is 8.22. The van der Waals surface area contributed by atoms with Crippen LogP contribution in [0.3, 0.4) is 0 Å². The molecule has 0 spiro atoms. The van der Waals surface area contributed by atoms with E-state index in [0.29, 0.717) is 0 Å². The quantitative estimate of drug-likeness (QED) is 0.494. The zero-order chi connectivity index (χ0) is 10.0. The first-order chi connectivity index (χ1) is 6.77. The highest BCUT2D eigenvalue weighted by atomic mass is 127. The van der Waals surface area contributed by atoms with Gasteiger partial charge in [0.2, 0.25) is 0 Å². The third-order valence-corrected chi connectivity index (χ3v) is 4.39. The predicted octanol–water partition coefficient (Wildman–Crippen LogP) is 2.33. The van der Waals surface area contributed by atoms with Crippen molar-refractivity contribution in [3.63, 3.8) is 0 Å². The van der Waals surface area contributed by atoms with Crippen molar-refractivity contribution in [3.05, 3.63) is 0 Å². The summed E-state index contributed by atoms with van der Waals surface area (Å²) < 4.78 is 8.59. The van der Waals surface area contributed by atoms with Gasteiger partial charge in [-0.3, -0.25) is 4.79 Å². The Morgan fingerprint density at radius 1 is 1.29 bits per heavy atom. The summed E-state index contributed by atoms with van der Waals surface area (Å²) in [5, 5.41) is 0. The van der Waals surface area contributed by atoms with Gasteiger partial charge in [0, 0.05) is 22.9 Å². The van der Waals surface area contributed by atoms with Gasteiger partial charge in [0.05, 0.1) is 0 Å². The molecule has 2 aliphatic rings. The van der Waals surface area contributed by atoms with E-state index in [-0.39, 0.29) is 17.6 Å². The maximum atomic E-state index is 11.8. The van der Waals surface area contributed by atoms with Crippen molar-refractivity contribution < 1.29 is 9.53 Å². The lowest BCUT2D eigenvalue weighted by Gasteiger charge is -2.38. The van der Waals surface area contributed by atoms with Crippen molar-refractivity contribution in [3.8, 4) is 0 Å². The summed E-state index contributed by atoms with van der Waals surface area (Å²) in [7, 11) is 0. The number of halogens is 1. The average molecular weight is 309 g/mol. The van der Waals surface area contributed by atoms with Crippen LogP contribution in [-0.4, -0.2) is 17.6 Å². The SMILES string of the molecule is O=C(OC1CCCC1)C1(NI)CCC1. The molecule has 0 amide bonds. The molecule has 0 saturated heterocycles. The lowest BCUT2D eigenvalue weighted by Crippen LogP contribution is -2.54. The maximum absolute atomic E-state index is 11.8. The van der Waals surface area contributed by atoms with E-state index in [0.717, 1.165) is 32.1 Å². The minimum Gasteiger partial charge on any atom is -0.461 e. The van der Waals surface area contributed by atoms with Crippen molar-refractivity contribution in [2.75, 3.05) is 0 Å². The molecule has 2 aliphatic carbocycles. The summed E-state index contributed by atoms with van der Waals surface area (Å²) in [6.45, 7) is 0. The highest BCUT2D eigenvalue weighted by Crippen LogP contribution is 2.35. The van der Waals surface area contributed by atoms with E-state index in [1.54, 1.807) is 0 Å². The molecular formula is C10H16INO2. The van der Waals surface area contributed by atoms with Gasteiger partial charge in [-0.05, 0) is 44.9 Å². The van der Waals surface area contributed by atoms with Crippen LogP contribution in [0.5, 0.6) is 0 Å². The van der Waals surface area contributed by atoms with Crippen LogP contribution in [0.15, 0.2) is 0 Å². The Labute approximate surface area is 98.5 Å². The van der Waals surface area contributed by atoms with E-state index in [1.807, 2.05) is 0 Å². The summed E-state index contributed by atoms with van der Waals surface area (Å²) in [6.07, 6.45) is 7.74. The van der Waals surface area contributed by atoms with Crippen LogP contribution in [-0.2, 0) is 9.53 Å². The normalized spacial score (nSPS) is 25.8. The molecule has 2 rings (SSSR count). The molecule has 1 N–H and O–H groups in total. The molecule has 0 aromatic rings. The second kappa shape index (κ2) is 4.35. The smallest absolute Gasteiger partial charge is 0.327 e. The molecule has 0 aromatic carbocycles. The molecule has 0 unspecified atom stereocenters. The molecule has 80 valence electrons. The zero-order valence-corrected chi connectivity index (χ0v) is 10.4. The monoisotopic (exact) mass is 309 g/mol. The molecule has 0 atom stereocenters. The number of hydrogen-bond donors (Lipinski definition) is 1. The Morgan fingerprint density at radius 2 is 1.93 bits per heavy atom. The van der Waals surface area contributed by atoms with Crippen molar-refractivity contribution >= 4 is 28.8 Å². The van der Waals surface area contributed by atoms with Gasteiger partial charge in [-0.2, -0.15) is 0 Å². The topological polar surface area (TPSA) is 38.3 Å². The molecular weight excluding hydrogens is 293 g/mol. The lowest BCUT2D eigenvalue weighted by atomic mass is 9.78. The van der Waals surface area contributed by atoms with Gasteiger partial charge in [-0.25, -0.2) is 3.53 Å². The lowest BCUT2D eigenvalue weighted by molar-refractivity contribution is -0.159. The number of nitrogens with one attached hydrogen (secondary N) is 1. The van der Waals surface area contributed by atoms with E-state index in [1.165, 1.54) is 12.8 Å². The number of carbonyl (C=O) groups excluding carboxylic acids is 1. The Kier molecular flexibility index (Phi) is 3.31. The first kappa shape index (κ1) is 10.7. The minimum atomic E-state index is -0.344. The second-order valence-corrected chi connectivity index (χ2v) is 4.88. The van der Waals surface area contributed by atoms with Crippen molar-refractivity contribution in [2.24, 2.45) is 0 Å². The number of carbonyl (C=O) groups is 1. The van der Waals surface area contributed by atoms with Crippen molar-refractivity contribution in [2.45, 2.75) is 56.6 Å². The van der Waals surface area contributed by atoms with Crippen LogP contribution < -0.4 is 3.53 Å². The van der Waals surface area contributed by atoms with Crippen LogP contribution >= 0.6 is 22.9 Å². The summed E-state index contributed by atoms with van der Waals surface area (Å²) >= 11 is 2.07. The highest BCUT2D eigenvalue weighted by Gasteiger charge is 2.45. The van der Waals surface area contributed by atoms with Gasteiger partial charge in [0.25, 0.3) is 0 Å². The number of rotatable bonds is 3. The number of hydrogen-bond acceptors (Lipinski definition) is 3. The molecule has 0 heterocycles. The van der Waals surface area contributed by atoms with E-state index < -0.39 is 0 Å². The van der Waals surface area contributed by atoms with Crippen LogP contribution in [0.2, 0.25) is 0 Å². The molecule has 14 heavy (non-hydrogen) atoms. The molecule has 0 aromatic heterocycles. The molecule has 2 fully saturated rings. The summed E-state index contributed by atoms with van der Waals surface area (Å²) in [4.78, 5) is 11.8. The Morgan fingerprint density at radius 3 is 2.36 bits per heavy atom. The fraction of sp³-hybridized carbons (Fsp3) is 0.900. The summed E-state index contributed by atoms with van der Waals surface area (Å²) in [6, 6.07) is 0. The number of esters is 1. The third-order valence-electron chi connectivity index (χ3n) is 3.35. The maximum Gasteiger partial charge on any atom is 0.327 e. The van der Waals surface area contributed by atoms with Gasteiger partial charge >= 0.3 is 5.97 Å². The first-order valence-electron chi connectivity index (χ1n) is 5.36. The Bertz CT molecular complexity index is 217. The molecule has 2 saturated carbocycles. The molecule has 0 radical (unpaired) electrons. The minimum absolute atomic E-state index is 0.0231. The fourth-order valence-electron chi connectivity index (χ4n) is 2.14. The van der Waals surface area contributed by atoms with Gasteiger partial charge in [0.15, 0.2) is 0 Å². The summed E-state index contributed by atoms with van der Waals surface area (Å²) in [5.41, 5.74) is -0.344. The fourth-order valence-corrected chi connectivity index (χ4v) is 2.90. The second-order valence-electron chi connectivity index (χ2n) is 4.34. The largest absolute Gasteiger partial charge is 0.461 e. The van der Waals surface area contributed by atoms with Gasteiger partial charge in [0.1, 0.15) is 11.6 Å². The standard InChI is InChI=1S/C10H16INO2/c11-12-10(6-3-7-10)9(13)14-8-4-1-2-5-8/h8,12H,1-7H2. The third kappa shape index (κ3) is 1.91. The van der Waals surface area contributed by atoms with Crippen molar-refractivity contribution in [1.82, 2.24) is 3.53 Å². The van der Waals surface area contributed by atoms with E-state index in [4.69, 9.17) is 4.74 Å². The Balaban J connectivity index is 1.87. The van der Waals surface area contributed by atoms with Gasteiger partial charge in [-0.15, -0.1) is 0 Å².